The minimum Gasteiger partial charge on any atom is -0.488 e. The Morgan fingerprint density at radius 3 is 2.67 bits per heavy atom. The standard InChI is InChI=1S/C19H28N2O3/c1-2-19(12-5-13-20-19)18(23)21-14-8-10-15(11-9-14)24-17-7-4-3-6-16(17)22/h8-11,16-17,20,22H,2-7,12-13H2,1H3,(H,21,23). The Morgan fingerprint density at radius 1 is 1.29 bits per heavy atom. The van der Waals surface area contributed by atoms with E-state index in [9.17, 15) is 9.90 Å². The average molecular weight is 332 g/mol. The van der Waals surface area contributed by atoms with Crippen LogP contribution in [0.1, 0.15) is 51.9 Å². The molecule has 3 N–H and O–H groups in total. The molecule has 24 heavy (non-hydrogen) atoms. The van der Waals surface area contributed by atoms with E-state index in [1.54, 1.807) is 0 Å². The van der Waals surface area contributed by atoms with Crippen molar-refractivity contribution in [2.75, 3.05) is 11.9 Å². The molecule has 5 heteroatoms. The number of carbonyl (C=O) groups is 1. The van der Waals surface area contributed by atoms with Crippen molar-refractivity contribution in [3.05, 3.63) is 24.3 Å². The molecule has 5 nitrogen and oxygen atoms in total. The van der Waals surface area contributed by atoms with Crippen molar-refractivity contribution < 1.29 is 14.6 Å². The molecule has 2 fully saturated rings. The Balaban J connectivity index is 1.59. The van der Waals surface area contributed by atoms with Crippen LogP contribution in [-0.4, -0.2) is 35.3 Å². The van der Waals surface area contributed by atoms with Crippen molar-refractivity contribution in [3.8, 4) is 5.75 Å². The SMILES string of the molecule is CCC1(C(=O)Nc2ccc(OC3CCCCC3O)cc2)CCCN1. The average Bonchev–Trinajstić information content (AvgIpc) is 3.09. The minimum absolute atomic E-state index is 0.0406. The van der Waals surface area contributed by atoms with Crippen molar-refractivity contribution in [2.45, 2.75) is 69.6 Å². The van der Waals surface area contributed by atoms with Gasteiger partial charge in [-0.05, 0) is 69.3 Å². The van der Waals surface area contributed by atoms with E-state index in [4.69, 9.17) is 4.74 Å². The van der Waals surface area contributed by atoms with E-state index in [-0.39, 0.29) is 18.1 Å². The maximum absolute atomic E-state index is 12.6. The summed E-state index contributed by atoms with van der Waals surface area (Å²) in [5.41, 5.74) is 0.347. The first-order chi connectivity index (χ1) is 11.6. The molecule has 2 aliphatic rings. The zero-order chi connectivity index (χ0) is 17.0. The predicted molar refractivity (Wildman–Crippen MR) is 94.2 cm³/mol. The molecule has 1 heterocycles. The third-order valence-corrected chi connectivity index (χ3v) is 5.35. The number of hydrogen-bond donors (Lipinski definition) is 3. The molecule has 1 aliphatic heterocycles. The van der Waals surface area contributed by atoms with Gasteiger partial charge < -0.3 is 20.5 Å². The molecule has 1 saturated heterocycles. The maximum Gasteiger partial charge on any atom is 0.244 e. The highest BCUT2D eigenvalue weighted by Crippen LogP contribution is 2.27. The smallest absolute Gasteiger partial charge is 0.244 e. The molecular formula is C19H28N2O3. The number of anilines is 1. The second-order valence-corrected chi connectivity index (χ2v) is 6.95. The molecule has 1 amide bonds. The van der Waals surface area contributed by atoms with Crippen LogP contribution in [0.15, 0.2) is 24.3 Å². The lowest BCUT2D eigenvalue weighted by Crippen LogP contribution is -2.50. The Morgan fingerprint density at radius 2 is 2.04 bits per heavy atom. The zero-order valence-corrected chi connectivity index (χ0v) is 14.4. The monoisotopic (exact) mass is 332 g/mol. The first-order valence-corrected chi connectivity index (χ1v) is 9.14. The van der Waals surface area contributed by atoms with Gasteiger partial charge in [0.2, 0.25) is 5.91 Å². The fraction of sp³-hybridized carbons (Fsp3) is 0.632. The number of nitrogens with one attached hydrogen (secondary N) is 2. The topological polar surface area (TPSA) is 70.6 Å². The number of aliphatic hydroxyl groups excluding tert-OH is 1. The van der Waals surface area contributed by atoms with E-state index in [0.717, 1.165) is 62.9 Å². The number of hydrogen-bond acceptors (Lipinski definition) is 4. The quantitative estimate of drug-likeness (QED) is 0.775. The lowest BCUT2D eigenvalue weighted by molar-refractivity contribution is -0.122. The van der Waals surface area contributed by atoms with Gasteiger partial charge in [-0.2, -0.15) is 0 Å². The van der Waals surface area contributed by atoms with Gasteiger partial charge in [0.1, 0.15) is 11.9 Å². The number of rotatable bonds is 5. The van der Waals surface area contributed by atoms with Gasteiger partial charge in [0.25, 0.3) is 0 Å². The molecular weight excluding hydrogens is 304 g/mol. The van der Waals surface area contributed by atoms with E-state index in [1.807, 2.05) is 31.2 Å². The second kappa shape index (κ2) is 7.53. The summed E-state index contributed by atoms with van der Waals surface area (Å²) in [5, 5.41) is 16.3. The van der Waals surface area contributed by atoms with Crippen molar-refractivity contribution in [3.63, 3.8) is 0 Å². The summed E-state index contributed by atoms with van der Waals surface area (Å²) in [6.45, 7) is 2.95. The zero-order valence-electron chi connectivity index (χ0n) is 14.4. The minimum atomic E-state index is -0.429. The van der Waals surface area contributed by atoms with Crippen LogP contribution in [0, 0.1) is 0 Å². The van der Waals surface area contributed by atoms with E-state index < -0.39 is 5.54 Å². The molecule has 3 rings (SSSR count). The normalized spacial score (nSPS) is 30.1. The fourth-order valence-electron chi connectivity index (χ4n) is 3.72. The van der Waals surface area contributed by atoms with Gasteiger partial charge in [-0.3, -0.25) is 4.79 Å². The first-order valence-electron chi connectivity index (χ1n) is 9.14. The summed E-state index contributed by atoms with van der Waals surface area (Å²) in [6, 6.07) is 7.44. The van der Waals surface area contributed by atoms with Crippen LogP contribution in [0.25, 0.3) is 0 Å². The van der Waals surface area contributed by atoms with Gasteiger partial charge >= 0.3 is 0 Å². The highest BCUT2D eigenvalue weighted by Gasteiger charge is 2.39. The van der Waals surface area contributed by atoms with Gasteiger partial charge in [-0.1, -0.05) is 13.3 Å². The molecule has 0 radical (unpaired) electrons. The van der Waals surface area contributed by atoms with Crippen LogP contribution in [0.2, 0.25) is 0 Å². The van der Waals surface area contributed by atoms with E-state index in [1.165, 1.54) is 0 Å². The van der Waals surface area contributed by atoms with Crippen LogP contribution in [0.4, 0.5) is 5.69 Å². The second-order valence-electron chi connectivity index (χ2n) is 6.95. The van der Waals surface area contributed by atoms with Crippen LogP contribution in [0.5, 0.6) is 5.75 Å². The molecule has 1 aromatic carbocycles. The molecule has 132 valence electrons. The van der Waals surface area contributed by atoms with Crippen molar-refractivity contribution in [1.82, 2.24) is 5.32 Å². The number of benzene rings is 1. The van der Waals surface area contributed by atoms with E-state index >= 15 is 0 Å². The molecule has 1 aromatic rings. The maximum atomic E-state index is 12.6. The molecule has 3 atom stereocenters. The van der Waals surface area contributed by atoms with Crippen LogP contribution >= 0.6 is 0 Å². The molecule has 1 aliphatic carbocycles. The summed E-state index contributed by atoms with van der Waals surface area (Å²) < 4.78 is 5.89. The number of ether oxygens (including phenoxy) is 1. The fourth-order valence-corrected chi connectivity index (χ4v) is 3.72. The van der Waals surface area contributed by atoms with Crippen molar-refractivity contribution in [2.24, 2.45) is 0 Å². The lowest BCUT2D eigenvalue weighted by Gasteiger charge is -2.28. The Labute approximate surface area is 143 Å². The summed E-state index contributed by atoms with van der Waals surface area (Å²) in [7, 11) is 0. The van der Waals surface area contributed by atoms with Crippen LogP contribution in [0.3, 0.4) is 0 Å². The summed E-state index contributed by atoms with van der Waals surface area (Å²) in [4.78, 5) is 12.6. The Bertz CT molecular complexity index is 552. The third-order valence-electron chi connectivity index (χ3n) is 5.35. The number of carbonyl (C=O) groups excluding carboxylic acids is 1. The molecule has 3 unspecified atom stereocenters. The van der Waals surface area contributed by atoms with Crippen LogP contribution < -0.4 is 15.4 Å². The Kier molecular flexibility index (Phi) is 5.41. The van der Waals surface area contributed by atoms with Gasteiger partial charge in [0.15, 0.2) is 0 Å². The highest BCUT2D eigenvalue weighted by molar-refractivity contribution is 5.98. The Hall–Kier alpha value is -1.59. The number of amides is 1. The summed E-state index contributed by atoms with van der Waals surface area (Å²) in [6.07, 6.45) is 6.09. The lowest BCUT2D eigenvalue weighted by atomic mass is 9.93. The van der Waals surface area contributed by atoms with Gasteiger partial charge in [-0.25, -0.2) is 0 Å². The molecule has 1 saturated carbocycles. The molecule has 0 aromatic heterocycles. The first kappa shape index (κ1) is 17.2. The molecule has 0 bridgehead atoms. The van der Waals surface area contributed by atoms with Gasteiger partial charge in [0, 0.05) is 5.69 Å². The van der Waals surface area contributed by atoms with E-state index in [0.29, 0.717) is 0 Å². The number of aliphatic hydroxyl groups is 1. The van der Waals surface area contributed by atoms with Crippen LogP contribution in [-0.2, 0) is 4.79 Å². The predicted octanol–water partition coefficient (Wildman–Crippen LogP) is 2.84. The summed E-state index contributed by atoms with van der Waals surface area (Å²) >= 11 is 0. The van der Waals surface area contributed by atoms with Gasteiger partial charge in [-0.15, -0.1) is 0 Å². The van der Waals surface area contributed by atoms with Crippen molar-refractivity contribution in [1.29, 1.82) is 0 Å². The largest absolute Gasteiger partial charge is 0.488 e. The highest BCUT2D eigenvalue weighted by atomic mass is 16.5. The van der Waals surface area contributed by atoms with E-state index in [2.05, 4.69) is 10.6 Å². The van der Waals surface area contributed by atoms with Gasteiger partial charge in [0.05, 0.1) is 11.6 Å². The molecule has 0 spiro atoms. The third kappa shape index (κ3) is 3.73. The summed E-state index contributed by atoms with van der Waals surface area (Å²) in [5.74, 6) is 0.780. The van der Waals surface area contributed by atoms with Crippen molar-refractivity contribution >= 4 is 11.6 Å².